The summed E-state index contributed by atoms with van der Waals surface area (Å²) in [5.74, 6) is -1.34. The fourth-order valence-corrected chi connectivity index (χ4v) is 3.99. The topological polar surface area (TPSA) is 112 Å². The lowest BCUT2D eigenvalue weighted by molar-refractivity contribution is -0.141. The van der Waals surface area contributed by atoms with Crippen LogP contribution in [0, 0.1) is 0 Å². The smallest absolute Gasteiger partial charge is 0.346 e. The third-order valence-corrected chi connectivity index (χ3v) is 5.86. The van der Waals surface area contributed by atoms with Crippen LogP contribution in [-0.4, -0.2) is 41.2 Å². The molecular weight excluding hydrogens is 477 g/mol. The Morgan fingerprint density at radius 3 is 2.53 bits per heavy atom. The lowest BCUT2D eigenvalue weighted by Crippen LogP contribution is -2.29. The van der Waals surface area contributed by atoms with Gasteiger partial charge in [0.2, 0.25) is 5.91 Å². The van der Waals surface area contributed by atoms with Gasteiger partial charge in [-0.25, -0.2) is 0 Å². The number of rotatable bonds is 7. The molecule has 2 N–H and O–H groups in total. The Labute approximate surface area is 197 Å². The molecule has 10 nitrogen and oxygen atoms in total. The number of alkyl halides is 3. The van der Waals surface area contributed by atoms with Crippen LogP contribution < -0.4 is 10.6 Å². The molecule has 4 rings (SSSR count). The van der Waals surface area contributed by atoms with Crippen molar-refractivity contribution in [2.24, 2.45) is 14.1 Å². The van der Waals surface area contributed by atoms with E-state index in [1.165, 1.54) is 24.9 Å². The minimum Gasteiger partial charge on any atom is -0.346 e. The summed E-state index contributed by atoms with van der Waals surface area (Å²) in [5, 5.41) is 16.5. The molecule has 0 saturated heterocycles. The number of amides is 2. The predicted molar refractivity (Wildman–Crippen MR) is 115 cm³/mol. The van der Waals surface area contributed by atoms with E-state index in [2.05, 4.69) is 25.9 Å². The lowest BCUT2D eigenvalue weighted by Gasteiger charge is -2.16. The van der Waals surface area contributed by atoms with E-state index in [4.69, 9.17) is 11.6 Å². The number of aromatic nitrogens is 6. The average molecular weight is 499 g/mol. The van der Waals surface area contributed by atoms with Crippen molar-refractivity contribution in [2.75, 3.05) is 5.32 Å². The SMILES string of the molecule is CC(C(=O)Nc1cnn(C)c1C(=O)NCc1cnn(C)c1)n1nc(C(F)(F)F)c(Cl)c1C1CC1. The van der Waals surface area contributed by atoms with Crippen LogP contribution in [0.4, 0.5) is 18.9 Å². The van der Waals surface area contributed by atoms with E-state index in [-0.39, 0.29) is 29.5 Å². The second-order valence-electron chi connectivity index (χ2n) is 8.17. The van der Waals surface area contributed by atoms with Crippen LogP contribution in [0.15, 0.2) is 18.6 Å². The summed E-state index contributed by atoms with van der Waals surface area (Å²) >= 11 is 6.01. The second-order valence-corrected chi connectivity index (χ2v) is 8.54. The number of halogens is 4. The molecule has 182 valence electrons. The molecular formula is C20H22ClF3N8O2. The maximum atomic E-state index is 13.4. The van der Waals surface area contributed by atoms with Crippen LogP contribution in [0.5, 0.6) is 0 Å². The van der Waals surface area contributed by atoms with Gasteiger partial charge in [0, 0.05) is 38.3 Å². The van der Waals surface area contributed by atoms with Crippen LogP contribution >= 0.6 is 11.6 Å². The van der Waals surface area contributed by atoms with Gasteiger partial charge in [0.15, 0.2) is 5.69 Å². The average Bonchev–Trinajstić information content (AvgIpc) is 3.25. The van der Waals surface area contributed by atoms with Crippen molar-refractivity contribution in [1.82, 2.24) is 34.7 Å². The zero-order valence-corrected chi connectivity index (χ0v) is 19.3. The summed E-state index contributed by atoms with van der Waals surface area (Å²) < 4.78 is 44.0. The third kappa shape index (κ3) is 4.65. The predicted octanol–water partition coefficient (Wildman–Crippen LogP) is 3.03. The van der Waals surface area contributed by atoms with Crippen molar-refractivity contribution in [3.8, 4) is 0 Å². The summed E-state index contributed by atoms with van der Waals surface area (Å²) in [4.78, 5) is 25.7. The number of anilines is 1. The quantitative estimate of drug-likeness (QED) is 0.520. The molecule has 0 radical (unpaired) electrons. The molecule has 1 aliphatic rings. The van der Waals surface area contributed by atoms with Gasteiger partial charge in [0.05, 0.1) is 28.8 Å². The number of hydrogen-bond acceptors (Lipinski definition) is 5. The first-order valence-corrected chi connectivity index (χ1v) is 10.8. The highest BCUT2D eigenvalue weighted by molar-refractivity contribution is 6.32. The molecule has 3 aromatic rings. The van der Waals surface area contributed by atoms with Gasteiger partial charge in [0.25, 0.3) is 5.91 Å². The van der Waals surface area contributed by atoms with Gasteiger partial charge >= 0.3 is 6.18 Å². The Balaban J connectivity index is 1.53. The van der Waals surface area contributed by atoms with Gasteiger partial charge in [-0.2, -0.15) is 28.5 Å². The lowest BCUT2D eigenvalue weighted by atomic mass is 10.2. The van der Waals surface area contributed by atoms with E-state index in [0.717, 1.165) is 10.2 Å². The van der Waals surface area contributed by atoms with Gasteiger partial charge in [-0.3, -0.25) is 23.6 Å². The highest BCUT2D eigenvalue weighted by Gasteiger charge is 2.43. The molecule has 34 heavy (non-hydrogen) atoms. The molecule has 3 heterocycles. The second kappa shape index (κ2) is 8.78. The van der Waals surface area contributed by atoms with E-state index >= 15 is 0 Å². The third-order valence-electron chi connectivity index (χ3n) is 5.49. The van der Waals surface area contributed by atoms with Crippen molar-refractivity contribution >= 4 is 29.1 Å². The van der Waals surface area contributed by atoms with E-state index in [0.29, 0.717) is 12.8 Å². The van der Waals surface area contributed by atoms with Gasteiger partial charge in [-0.1, -0.05) is 11.6 Å². The minimum atomic E-state index is -4.74. The molecule has 1 atom stereocenters. The summed E-state index contributed by atoms with van der Waals surface area (Å²) in [5.41, 5.74) is -0.0441. The first-order chi connectivity index (χ1) is 16.0. The molecule has 1 aliphatic carbocycles. The highest BCUT2D eigenvalue weighted by atomic mass is 35.5. The molecule has 3 aromatic heterocycles. The first-order valence-electron chi connectivity index (χ1n) is 10.4. The molecule has 2 amide bonds. The molecule has 1 saturated carbocycles. The normalized spacial score (nSPS) is 14.8. The van der Waals surface area contributed by atoms with Crippen LogP contribution in [0.25, 0.3) is 0 Å². The molecule has 0 aromatic carbocycles. The van der Waals surface area contributed by atoms with Crippen molar-refractivity contribution in [3.63, 3.8) is 0 Å². The number of carbonyl (C=O) groups excluding carboxylic acids is 2. The number of carbonyl (C=O) groups is 2. The number of hydrogen-bond donors (Lipinski definition) is 2. The van der Waals surface area contributed by atoms with Crippen LogP contribution in [0.2, 0.25) is 5.02 Å². The Kier molecular flexibility index (Phi) is 6.14. The largest absolute Gasteiger partial charge is 0.436 e. The Morgan fingerprint density at radius 1 is 1.24 bits per heavy atom. The van der Waals surface area contributed by atoms with E-state index in [1.807, 2.05) is 0 Å². The molecule has 0 spiro atoms. The van der Waals surface area contributed by atoms with Crippen LogP contribution in [-0.2, 0) is 31.6 Å². The Bertz CT molecular complexity index is 1240. The van der Waals surface area contributed by atoms with Crippen LogP contribution in [0.1, 0.15) is 59.2 Å². The summed E-state index contributed by atoms with van der Waals surface area (Å²) in [6.45, 7) is 1.63. The zero-order valence-electron chi connectivity index (χ0n) is 18.5. The summed E-state index contributed by atoms with van der Waals surface area (Å²) in [6.07, 6.45) is 1.24. The van der Waals surface area contributed by atoms with Crippen molar-refractivity contribution < 1.29 is 22.8 Å². The van der Waals surface area contributed by atoms with Crippen molar-refractivity contribution in [1.29, 1.82) is 0 Å². The minimum absolute atomic E-state index is 0.0846. The fraction of sp³-hybridized carbons (Fsp3) is 0.450. The zero-order chi connectivity index (χ0) is 24.8. The molecule has 0 aliphatic heterocycles. The van der Waals surface area contributed by atoms with Crippen molar-refractivity contribution in [2.45, 2.75) is 44.4 Å². The van der Waals surface area contributed by atoms with Gasteiger partial charge < -0.3 is 10.6 Å². The summed E-state index contributed by atoms with van der Waals surface area (Å²) in [7, 11) is 3.28. The number of nitrogens with zero attached hydrogens (tertiary/aromatic N) is 6. The van der Waals surface area contributed by atoms with Gasteiger partial charge in [-0.15, -0.1) is 0 Å². The maximum Gasteiger partial charge on any atom is 0.436 e. The summed E-state index contributed by atoms with van der Waals surface area (Å²) in [6, 6.07) is -1.12. The molecule has 1 fully saturated rings. The van der Waals surface area contributed by atoms with Gasteiger partial charge in [0.1, 0.15) is 11.7 Å². The van der Waals surface area contributed by atoms with E-state index in [1.54, 1.807) is 24.1 Å². The standard InChI is InChI=1S/C20H22ClF3N8O2/c1-10(32-15(12-4-5-12)14(21)17(29-32)20(22,23)24)18(33)28-13-8-27-31(3)16(13)19(34)25-6-11-7-26-30(2)9-11/h7-10,12H,4-6H2,1-3H3,(H,25,34)(H,28,33). The molecule has 1 unspecified atom stereocenters. The monoisotopic (exact) mass is 498 g/mol. The number of nitrogens with one attached hydrogen (secondary N) is 2. The molecule has 14 heteroatoms. The fourth-order valence-electron chi connectivity index (χ4n) is 3.60. The van der Waals surface area contributed by atoms with Gasteiger partial charge in [-0.05, 0) is 19.8 Å². The first kappa shape index (κ1) is 23.8. The maximum absolute atomic E-state index is 13.4. The molecule has 0 bridgehead atoms. The van der Waals surface area contributed by atoms with Crippen LogP contribution in [0.3, 0.4) is 0 Å². The van der Waals surface area contributed by atoms with Crippen molar-refractivity contribution in [3.05, 3.63) is 46.3 Å². The van der Waals surface area contributed by atoms with E-state index in [9.17, 15) is 22.8 Å². The van der Waals surface area contributed by atoms with E-state index < -0.39 is 34.7 Å². The highest BCUT2D eigenvalue weighted by Crippen LogP contribution is 2.47. The Morgan fingerprint density at radius 2 is 1.94 bits per heavy atom. The Hall–Kier alpha value is -3.35. The number of aryl methyl sites for hydroxylation is 2.